The summed E-state index contributed by atoms with van der Waals surface area (Å²) in [7, 11) is 3.61. The predicted octanol–water partition coefficient (Wildman–Crippen LogP) is 3.85. The third-order valence-corrected chi connectivity index (χ3v) is 5.76. The maximum atomic E-state index is 13.1. The Balaban J connectivity index is 1.41. The van der Waals surface area contributed by atoms with Crippen LogP contribution in [0.4, 0.5) is 0 Å². The predicted molar refractivity (Wildman–Crippen MR) is 121 cm³/mol. The Morgan fingerprint density at radius 2 is 2.12 bits per heavy atom. The highest BCUT2D eigenvalue weighted by molar-refractivity contribution is 5.78. The Labute approximate surface area is 189 Å². The minimum atomic E-state index is -0.112. The smallest absolute Gasteiger partial charge is 0.237 e. The molecule has 1 fully saturated rings. The van der Waals surface area contributed by atoms with E-state index in [2.05, 4.69) is 9.97 Å². The highest BCUT2D eigenvalue weighted by Gasteiger charge is 2.31. The number of likely N-dealkylation sites (tertiary alicyclic amines) is 1. The number of benzene rings is 1. The summed E-state index contributed by atoms with van der Waals surface area (Å²) in [5, 5.41) is 0. The molecule has 0 N–H and O–H groups in total. The van der Waals surface area contributed by atoms with Crippen LogP contribution in [-0.4, -0.2) is 52.9 Å². The molecule has 1 aliphatic rings. The molecule has 0 aliphatic carbocycles. The van der Waals surface area contributed by atoms with Gasteiger partial charge in [0.2, 0.25) is 11.8 Å². The standard InChI is InChI=1S/C25H30N4O3/c1-28(17-20-9-3-5-12-26-20)18-24(30)29-13-6-4-11-23(29)25-27-16-22(32-25)15-19-8-7-10-21(14-19)31-2/h3,5,7-10,12,14,16,23H,4,6,11,13,15,17-18H2,1-2H3/t23-/m1/s1. The number of carbonyl (C=O) groups is 1. The lowest BCUT2D eigenvalue weighted by molar-refractivity contribution is -0.136. The van der Waals surface area contributed by atoms with Gasteiger partial charge in [0.15, 0.2) is 0 Å². The lowest BCUT2D eigenvalue weighted by Crippen LogP contribution is -2.43. The minimum absolute atomic E-state index is 0.0978. The number of oxazole rings is 1. The van der Waals surface area contributed by atoms with Crippen molar-refractivity contribution in [1.29, 1.82) is 0 Å². The molecule has 1 atom stereocenters. The molecular weight excluding hydrogens is 404 g/mol. The Morgan fingerprint density at radius 1 is 1.22 bits per heavy atom. The van der Waals surface area contributed by atoms with E-state index in [1.807, 2.05) is 59.3 Å². The number of hydrogen-bond acceptors (Lipinski definition) is 6. The third-order valence-electron chi connectivity index (χ3n) is 5.76. The number of carbonyl (C=O) groups excluding carboxylic acids is 1. The quantitative estimate of drug-likeness (QED) is 0.536. The summed E-state index contributed by atoms with van der Waals surface area (Å²) in [6, 6.07) is 13.6. The summed E-state index contributed by atoms with van der Waals surface area (Å²) >= 11 is 0. The molecule has 3 heterocycles. The number of amides is 1. The van der Waals surface area contributed by atoms with E-state index in [1.165, 1.54) is 0 Å². The van der Waals surface area contributed by atoms with Gasteiger partial charge in [-0.25, -0.2) is 4.98 Å². The van der Waals surface area contributed by atoms with Crippen LogP contribution in [0.2, 0.25) is 0 Å². The SMILES string of the molecule is COc1cccc(Cc2cnc([C@H]3CCCCN3C(=O)CN(C)Cc3ccccn3)o2)c1. The van der Waals surface area contributed by atoms with Crippen molar-refractivity contribution >= 4 is 5.91 Å². The summed E-state index contributed by atoms with van der Waals surface area (Å²) in [5.74, 6) is 2.34. The Bertz CT molecular complexity index is 1020. The molecule has 1 amide bonds. The number of rotatable bonds is 8. The zero-order chi connectivity index (χ0) is 22.3. The van der Waals surface area contributed by atoms with Crippen LogP contribution in [0.5, 0.6) is 5.75 Å². The fourth-order valence-corrected chi connectivity index (χ4v) is 4.17. The first-order valence-electron chi connectivity index (χ1n) is 11.1. The largest absolute Gasteiger partial charge is 0.497 e. The second-order valence-corrected chi connectivity index (χ2v) is 8.29. The van der Waals surface area contributed by atoms with Crippen LogP contribution >= 0.6 is 0 Å². The third kappa shape index (κ3) is 5.53. The van der Waals surface area contributed by atoms with E-state index in [0.717, 1.165) is 48.6 Å². The molecule has 1 aromatic carbocycles. The van der Waals surface area contributed by atoms with Gasteiger partial charge in [-0.15, -0.1) is 0 Å². The molecule has 4 rings (SSSR count). The maximum absolute atomic E-state index is 13.1. The van der Waals surface area contributed by atoms with Crippen molar-refractivity contribution in [3.63, 3.8) is 0 Å². The molecule has 0 bridgehead atoms. The summed E-state index contributed by atoms with van der Waals surface area (Å²) < 4.78 is 11.4. The van der Waals surface area contributed by atoms with Gasteiger partial charge >= 0.3 is 0 Å². The first-order valence-corrected chi connectivity index (χ1v) is 11.1. The van der Waals surface area contributed by atoms with Gasteiger partial charge in [0.05, 0.1) is 25.5 Å². The van der Waals surface area contributed by atoms with Crippen molar-refractivity contribution in [2.75, 3.05) is 27.2 Å². The zero-order valence-electron chi connectivity index (χ0n) is 18.7. The van der Waals surface area contributed by atoms with Crippen molar-refractivity contribution < 1.29 is 13.9 Å². The average molecular weight is 435 g/mol. The van der Waals surface area contributed by atoms with Crippen LogP contribution in [0.3, 0.4) is 0 Å². The van der Waals surface area contributed by atoms with Crippen molar-refractivity contribution in [3.05, 3.63) is 77.8 Å². The molecule has 1 aliphatic heterocycles. The molecule has 0 spiro atoms. The monoisotopic (exact) mass is 434 g/mol. The second kappa shape index (κ2) is 10.4. The number of nitrogens with zero attached hydrogens (tertiary/aromatic N) is 4. The van der Waals surface area contributed by atoms with Crippen molar-refractivity contribution in [1.82, 2.24) is 19.8 Å². The van der Waals surface area contributed by atoms with E-state index < -0.39 is 0 Å². The van der Waals surface area contributed by atoms with Gasteiger partial charge in [-0.05, 0) is 56.1 Å². The molecule has 0 radical (unpaired) electrons. The van der Waals surface area contributed by atoms with E-state index in [9.17, 15) is 4.79 Å². The van der Waals surface area contributed by atoms with E-state index in [0.29, 0.717) is 25.4 Å². The van der Waals surface area contributed by atoms with Crippen molar-refractivity contribution in [2.45, 2.75) is 38.3 Å². The normalized spacial score (nSPS) is 16.3. The number of pyridine rings is 1. The molecule has 32 heavy (non-hydrogen) atoms. The lowest BCUT2D eigenvalue weighted by Gasteiger charge is -2.34. The Kier molecular flexibility index (Phi) is 7.17. The van der Waals surface area contributed by atoms with Crippen molar-refractivity contribution in [3.8, 4) is 5.75 Å². The molecule has 0 unspecified atom stereocenters. The highest BCUT2D eigenvalue weighted by Crippen LogP contribution is 2.31. The number of hydrogen-bond donors (Lipinski definition) is 0. The van der Waals surface area contributed by atoms with E-state index in [1.54, 1.807) is 19.5 Å². The fraction of sp³-hybridized carbons (Fsp3) is 0.400. The molecule has 1 saturated heterocycles. The van der Waals surface area contributed by atoms with Crippen LogP contribution in [0, 0.1) is 0 Å². The van der Waals surface area contributed by atoms with Gasteiger partial charge in [-0.2, -0.15) is 0 Å². The Morgan fingerprint density at radius 3 is 2.94 bits per heavy atom. The first-order chi connectivity index (χ1) is 15.6. The summed E-state index contributed by atoms with van der Waals surface area (Å²) in [5.41, 5.74) is 2.05. The van der Waals surface area contributed by atoms with E-state index >= 15 is 0 Å². The first kappa shape index (κ1) is 22.0. The number of likely N-dealkylation sites (N-methyl/N-ethyl adjacent to an activating group) is 1. The second-order valence-electron chi connectivity index (χ2n) is 8.29. The van der Waals surface area contributed by atoms with Gasteiger partial charge in [0.25, 0.3) is 0 Å². The number of methoxy groups -OCH3 is 1. The number of aromatic nitrogens is 2. The van der Waals surface area contributed by atoms with Crippen LogP contribution in [0.15, 0.2) is 59.3 Å². The van der Waals surface area contributed by atoms with E-state index in [4.69, 9.17) is 9.15 Å². The van der Waals surface area contributed by atoms with Crippen LogP contribution in [-0.2, 0) is 17.8 Å². The zero-order valence-corrected chi connectivity index (χ0v) is 18.7. The topological polar surface area (TPSA) is 71.7 Å². The van der Waals surface area contributed by atoms with Gasteiger partial charge in [0, 0.05) is 25.7 Å². The molecule has 0 saturated carbocycles. The van der Waals surface area contributed by atoms with E-state index in [-0.39, 0.29) is 11.9 Å². The molecule has 3 aromatic rings. The van der Waals surface area contributed by atoms with Crippen molar-refractivity contribution in [2.24, 2.45) is 0 Å². The van der Waals surface area contributed by atoms with Gasteiger partial charge in [-0.1, -0.05) is 18.2 Å². The van der Waals surface area contributed by atoms with Crippen LogP contribution in [0.25, 0.3) is 0 Å². The average Bonchev–Trinajstić information content (AvgIpc) is 3.28. The number of piperidine rings is 1. The molecular formula is C25H30N4O3. The molecule has 2 aromatic heterocycles. The lowest BCUT2D eigenvalue weighted by atomic mass is 10.0. The summed E-state index contributed by atoms with van der Waals surface area (Å²) in [4.78, 5) is 26.0. The summed E-state index contributed by atoms with van der Waals surface area (Å²) in [6.45, 7) is 1.70. The fourth-order valence-electron chi connectivity index (χ4n) is 4.17. The molecule has 7 heteroatoms. The highest BCUT2D eigenvalue weighted by atomic mass is 16.5. The van der Waals surface area contributed by atoms with Crippen LogP contribution in [0.1, 0.15) is 48.2 Å². The molecule has 168 valence electrons. The summed E-state index contributed by atoms with van der Waals surface area (Å²) in [6.07, 6.45) is 7.12. The van der Waals surface area contributed by atoms with Crippen LogP contribution < -0.4 is 4.74 Å². The minimum Gasteiger partial charge on any atom is -0.497 e. The number of ether oxygens (including phenoxy) is 1. The molecule has 7 nitrogen and oxygen atoms in total. The van der Waals surface area contributed by atoms with Gasteiger partial charge in [-0.3, -0.25) is 14.7 Å². The maximum Gasteiger partial charge on any atom is 0.237 e. The van der Waals surface area contributed by atoms with Gasteiger partial charge in [0.1, 0.15) is 17.6 Å². The Hall–Kier alpha value is -3.19. The van der Waals surface area contributed by atoms with Gasteiger partial charge < -0.3 is 14.1 Å².